The smallest absolute Gasteiger partial charge is 0.0787 e. The fourth-order valence-corrected chi connectivity index (χ4v) is 2.54. The van der Waals surface area contributed by atoms with Crippen LogP contribution >= 0.6 is 0 Å². The number of hydrogen-bond donors (Lipinski definition) is 1. The van der Waals surface area contributed by atoms with Crippen molar-refractivity contribution in [3.05, 3.63) is 29.8 Å². The third kappa shape index (κ3) is 2.81. The molecule has 1 heterocycles. The van der Waals surface area contributed by atoms with Crippen molar-refractivity contribution in [3.63, 3.8) is 0 Å². The normalized spacial score (nSPS) is 21.8. The van der Waals surface area contributed by atoms with Gasteiger partial charge in [0, 0.05) is 18.8 Å². The Morgan fingerprint density at radius 2 is 2.00 bits per heavy atom. The van der Waals surface area contributed by atoms with E-state index >= 15 is 0 Å². The fourth-order valence-electron chi connectivity index (χ4n) is 2.54. The van der Waals surface area contributed by atoms with Gasteiger partial charge in [0.05, 0.1) is 6.10 Å². The Kier molecular flexibility index (Phi) is 4.06. The van der Waals surface area contributed by atoms with Crippen LogP contribution in [0.1, 0.15) is 44.8 Å². The van der Waals surface area contributed by atoms with Gasteiger partial charge in [-0.1, -0.05) is 32.4 Å². The Balaban J connectivity index is 2.03. The molecule has 17 heavy (non-hydrogen) atoms. The summed E-state index contributed by atoms with van der Waals surface area (Å²) in [5.74, 6) is 0.857. The van der Waals surface area contributed by atoms with Crippen LogP contribution in [0.25, 0.3) is 0 Å². The summed E-state index contributed by atoms with van der Waals surface area (Å²) in [6.07, 6.45) is 3.06. The Labute approximate surface area is 104 Å². The first-order valence-electron chi connectivity index (χ1n) is 6.77. The Bertz CT molecular complexity index is 346. The highest BCUT2D eigenvalue weighted by Crippen LogP contribution is 2.27. The second kappa shape index (κ2) is 5.54. The Hall–Kier alpha value is -1.02. The van der Waals surface area contributed by atoms with E-state index in [4.69, 9.17) is 0 Å². The van der Waals surface area contributed by atoms with Crippen molar-refractivity contribution in [1.82, 2.24) is 0 Å². The minimum atomic E-state index is -0.314. The van der Waals surface area contributed by atoms with E-state index in [0.717, 1.165) is 17.9 Å². The fraction of sp³-hybridized carbons (Fsp3) is 0.600. The Morgan fingerprint density at radius 3 is 2.53 bits per heavy atom. The van der Waals surface area contributed by atoms with Crippen molar-refractivity contribution in [2.24, 2.45) is 5.92 Å². The molecule has 94 valence electrons. The predicted molar refractivity (Wildman–Crippen MR) is 72.3 cm³/mol. The minimum absolute atomic E-state index is 0.314. The standard InChI is InChI=1S/C15H23NO/c1-3-12-9-10-16(11-12)14-7-5-13(6-8-14)15(17)4-2/h5-8,12,15,17H,3-4,9-11H2,1-2H3. The summed E-state index contributed by atoms with van der Waals surface area (Å²) < 4.78 is 0. The monoisotopic (exact) mass is 233 g/mol. The van der Waals surface area contributed by atoms with E-state index in [1.807, 2.05) is 6.92 Å². The van der Waals surface area contributed by atoms with Gasteiger partial charge in [-0.3, -0.25) is 0 Å². The van der Waals surface area contributed by atoms with Crippen molar-refractivity contribution in [2.45, 2.75) is 39.2 Å². The molecule has 2 nitrogen and oxygen atoms in total. The average Bonchev–Trinajstić information content (AvgIpc) is 2.87. The number of hydrogen-bond acceptors (Lipinski definition) is 2. The average molecular weight is 233 g/mol. The maximum Gasteiger partial charge on any atom is 0.0787 e. The van der Waals surface area contributed by atoms with Crippen LogP contribution in [0.4, 0.5) is 5.69 Å². The maximum absolute atomic E-state index is 9.75. The van der Waals surface area contributed by atoms with Crippen molar-refractivity contribution >= 4 is 5.69 Å². The van der Waals surface area contributed by atoms with Crippen molar-refractivity contribution in [3.8, 4) is 0 Å². The lowest BCUT2D eigenvalue weighted by molar-refractivity contribution is 0.173. The largest absolute Gasteiger partial charge is 0.388 e. The van der Waals surface area contributed by atoms with Crippen molar-refractivity contribution in [1.29, 1.82) is 0 Å². The van der Waals surface area contributed by atoms with E-state index in [2.05, 4.69) is 36.1 Å². The van der Waals surface area contributed by atoms with Gasteiger partial charge < -0.3 is 10.0 Å². The van der Waals surface area contributed by atoms with Gasteiger partial charge in [0.2, 0.25) is 0 Å². The lowest BCUT2D eigenvalue weighted by Gasteiger charge is -2.19. The van der Waals surface area contributed by atoms with E-state index in [0.29, 0.717) is 0 Å². The minimum Gasteiger partial charge on any atom is -0.388 e. The molecule has 0 aliphatic carbocycles. The van der Waals surface area contributed by atoms with Crippen LogP contribution in [-0.4, -0.2) is 18.2 Å². The first-order chi connectivity index (χ1) is 8.24. The highest BCUT2D eigenvalue weighted by Gasteiger charge is 2.21. The third-order valence-electron chi connectivity index (χ3n) is 3.89. The molecule has 0 bridgehead atoms. The molecule has 1 N–H and O–H groups in total. The molecule has 1 saturated heterocycles. The first kappa shape index (κ1) is 12.4. The lowest BCUT2D eigenvalue weighted by atomic mass is 10.1. The van der Waals surface area contributed by atoms with Crippen LogP contribution in [0.15, 0.2) is 24.3 Å². The number of aliphatic hydroxyl groups excluding tert-OH is 1. The van der Waals surface area contributed by atoms with Gasteiger partial charge in [-0.15, -0.1) is 0 Å². The summed E-state index contributed by atoms with van der Waals surface area (Å²) >= 11 is 0. The van der Waals surface area contributed by atoms with Gasteiger partial charge in [0.15, 0.2) is 0 Å². The van der Waals surface area contributed by atoms with E-state index in [1.54, 1.807) is 0 Å². The van der Waals surface area contributed by atoms with Crippen LogP contribution in [0.3, 0.4) is 0 Å². The summed E-state index contributed by atoms with van der Waals surface area (Å²) in [5.41, 5.74) is 2.33. The molecule has 2 heteroatoms. The van der Waals surface area contributed by atoms with Crippen LogP contribution in [-0.2, 0) is 0 Å². The van der Waals surface area contributed by atoms with E-state index in [9.17, 15) is 5.11 Å². The number of rotatable bonds is 4. The van der Waals surface area contributed by atoms with Gasteiger partial charge >= 0.3 is 0 Å². The summed E-state index contributed by atoms with van der Waals surface area (Å²) in [4.78, 5) is 2.45. The SMILES string of the molecule is CCC1CCN(c2ccc(C(O)CC)cc2)C1. The van der Waals surface area contributed by atoms with Crippen LogP contribution in [0.2, 0.25) is 0 Å². The summed E-state index contributed by atoms with van der Waals surface area (Å²) in [6.45, 7) is 6.64. The van der Waals surface area contributed by atoms with Gasteiger partial charge in [0.25, 0.3) is 0 Å². The van der Waals surface area contributed by atoms with Gasteiger partial charge in [-0.25, -0.2) is 0 Å². The first-order valence-corrected chi connectivity index (χ1v) is 6.77. The Morgan fingerprint density at radius 1 is 1.29 bits per heavy atom. The second-order valence-corrected chi connectivity index (χ2v) is 5.02. The van der Waals surface area contributed by atoms with Crippen LogP contribution in [0.5, 0.6) is 0 Å². The van der Waals surface area contributed by atoms with Crippen LogP contribution < -0.4 is 4.90 Å². The summed E-state index contributed by atoms with van der Waals surface area (Å²) in [6, 6.07) is 8.41. The molecule has 0 aromatic heterocycles. The van der Waals surface area contributed by atoms with Gasteiger partial charge in [-0.05, 0) is 36.5 Å². The molecule has 1 aromatic carbocycles. The second-order valence-electron chi connectivity index (χ2n) is 5.02. The molecule has 0 amide bonds. The molecular formula is C15H23NO. The molecule has 0 spiro atoms. The molecule has 1 aromatic rings. The van der Waals surface area contributed by atoms with Gasteiger partial charge in [-0.2, -0.15) is 0 Å². The molecule has 1 aliphatic heterocycles. The number of nitrogens with zero attached hydrogens (tertiary/aromatic N) is 1. The van der Waals surface area contributed by atoms with E-state index in [1.165, 1.54) is 31.6 Å². The highest BCUT2D eigenvalue weighted by molar-refractivity contribution is 5.48. The zero-order valence-electron chi connectivity index (χ0n) is 10.9. The quantitative estimate of drug-likeness (QED) is 0.862. The summed E-state index contributed by atoms with van der Waals surface area (Å²) in [7, 11) is 0. The molecule has 1 fully saturated rings. The molecule has 1 aliphatic rings. The maximum atomic E-state index is 9.75. The highest BCUT2D eigenvalue weighted by atomic mass is 16.3. The van der Waals surface area contributed by atoms with Crippen LogP contribution in [0, 0.1) is 5.92 Å². The number of benzene rings is 1. The molecule has 0 saturated carbocycles. The molecule has 0 radical (unpaired) electrons. The zero-order chi connectivity index (χ0) is 12.3. The van der Waals surface area contributed by atoms with Crippen molar-refractivity contribution in [2.75, 3.05) is 18.0 Å². The number of anilines is 1. The van der Waals surface area contributed by atoms with E-state index in [-0.39, 0.29) is 6.10 Å². The van der Waals surface area contributed by atoms with Gasteiger partial charge in [0.1, 0.15) is 0 Å². The topological polar surface area (TPSA) is 23.5 Å². The van der Waals surface area contributed by atoms with E-state index < -0.39 is 0 Å². The third-order valence-corrected chi connectivity index (χ3v) is 3.89. The summed E-state index contributed by atoms with van der Waals surface area (Å²) in [5, 5.41) is 9.75. The lowest BCUT2D eigenvalue weighted by Crippen LogP contribution is -2.19. The van der Waals surface area contributed by atoms with Crippen molar-refractivity contribution < 1.29 is 5.11 Å². The predicted octanol–water partition coefficient (Wildman–Crippen LogP) is 3.37. The number of aliphatic hydroxyl groups is 1. The molecular weight excluding hydrogens is 210 g/mol. The molecule has 2 unspecified atom stereocenters. The molecule has 2 atom stereocenters. The zero-order valence-corrected chi connectivity index (χ0v) is 10.9. The molecule has 2 rings (SSSR count).